The average molecular weight is 346 g/mol. The zero-order valence-corrected chi connectivity index (χ0v) is 14.1. The van der Waals surface area contributed by atoms with Crippen LogP contribution in [0.2, 0.25) is 0 Å². The molecule has 1 saturated carbocycles. The molecule has 0 unspecified atom stereocenters. The van der Waals surface area contributed by atoms with Gasteiger partial charge in [0.25, 0.3) is 0 Å². The topological polar surface area (TPSA) is 43.6 Å². The fourth-order valence-corrected chi connectivity index (χ4v) is 3.54. The molecular formula is C17H16F2N4S. The predicted octanol–water partition coefficient (Wildman–Crippen LogP) is 4.61. The van der Waals surface area contributed by atoms with Crippen LogP contribution in [0.1, 0.15) is 32.7 Å². The Hall–Kier alpha value is -2.02. The second kappa shape index (κ2) is 5.81. The summed E-state index contributed by atoms with van der Waals surface area (Å²) in [6.45, 7) is 4.17. The van der Waals surface area contributed by atoms with Crippen LogP contribution in [0, 0.1) is 11.6 Å². The third kappa shape index (κ3) is 2.77. The van der Waals surface area contributed by atoms with Gasteiger partial charge in [-0.15, -0.1) is 16.9 Å². The van der Waals surface area contributed by atoms with E-state index in [2.05, 4.69) is 29.0 Å². The first kappa shape index (κ1) is 15.5. The van der Waals surface area contributed by atoms with Crippen molar-refractivity contribution in [1.82, 2.24) is 19.7 Å². The average Bonchev–Trinajstić information content (AvgIpc) is 3.30. The lowest BCUT2D eigenvalue weighted by atomic mass is 10.3. The molecule has 1 aliphatic rings. The highest BCUT2D eigenvalue weighted by atomic mass is 32.2. The number of hydrogen-bond donors (Lipinski definition) is 0. The Bertz CT molecular complexity index is 918. The number of fused-ring (bicyclic) bond motifs is 1. The van der Waals surface area contributed by atoms with E-state index in [0.29, 0.717) is 22.1 Å². The van der Waals surface area contributed by atoms with Crippen LogP contribution in [0.5, 0.6) is 0 Å². The fraction of sp³-hybridized carbons (Fsp3) is 0.353. The summed E-state index contributed by atoms with van der Waals surface area (Å²) >= 11 is 1.62. The van der Waals surface area contributed by atoms with Crippen LogP contribution >= 0.6 is 11.8 Å². The zero-order chi connectivity index (χ0) is 16.8. The molecule has 0 radical (unpaired) electrons. The van der Waals surface area contributed by atoms with Crippen LogP contribution in [0.3, 0.4) is 0 Å². The lowest BCUT2D eigenvalue weighted by Crippen LogP contribution is -1.99. The van der Waals surface area contributed by atoms with Crippen LogP contribution in [0.4, 0.5) is 8.78 Å². The molecular weight excluding hydrogens is 330 g/mol. The second-order valence-electron chi connectivity index (χ2n) is 6.24. The Labute approximate surface area is 142 Å². The molecule has 0 saturated heterocycles. The van der Waals surface area contributed by atoms with E-state index in [1.807, 2.05) is 10.6 Å². The van der Waals surface area contributed by atoms with Gasteiger partial charge in [0, 0.05) is 29.0 Å². The van der Waals surface area contributed by atoms with Crippen molar-refractivity contribution < 1.29 is 8.78 Å². The molecule has 1 aliphatic carbocycles. The van der Waals surface area contributed by atoms with E-state index in [0.717, 1.165) is 29.5 Å². The van der Waals surface area contributed by atoms with Crippen LogP contribution in [0.25, 0.3) is 22.4 Å². The van der Waals surface area contributed by atoms with Crippen molar-refractivity contribution in [2.45, 2.75) is 43.0 Å². The van der Waals surface area contributed by atoms with Gasteiger partial charge in [0.1, 0.15) is 10.9 Å². The van der Waals surface area contributed by atoms with E-state index in [1.54, 1.807) is 18.0 Å². The number of thioether (sulfide) groups is 1. The molecule has 7 heteroatoms. The van der Waals surface area contributed by atoms with Gasteiger partial charge in [0.2, 0.25) is 0 Å². The van der Waals surface area contributed by atoms with E-state index in [9.17, 15) is 8.78 Å². The van der Waals surface area contributed by atoms with Gasteiger partial charge in [-0.25, -0.2) is 13.8 Å². The highest BCUT2D eigenvalue weighted by molar-refractivity contribution is 7.99. The number of aromatic nitrogens is 4. The van der Waals surface area contributed by atoms with Crippen molar-refractivity contribution in [3.05, 3.63) is 36.0 Å². The number of rotatable bonds is 4. The van der Waals surface area contributed by atoms with Gasteiger partial charge in [0.05, 0.1) is 17.2 Å². The largest absolute Gasteiger partial charge is 0.321 e. The van der Waals surface area contributed by atoms with E-state index in [-0.39, 0.29) is 6.04 Å². The first-order chi connectivity index (χ1) is 11.5. The monoisotopic (exact) mass is 346 g/mol. The maximum atomic E-state index is 13.7. The first-order valence-electron chi connectivity index (χ1n) is 7.89. The molecule has 4 nitrogen and oxygen atoms in total. The summed E-state index contributed by atoms with van der Waals surface area (Å²) < 4.78 is 29.3. The van der Waals surface area contributed by atoms with Crippen LogP contribution in [0.15, 0.2) is 29.4 Å². The second-order valence-corrected chi connectivity index (χ2v) is 7.84. The maximum absolute atomic E-state index is 13.7. The van der Waals surface area contributed by atoms with Crippen LogP contribution < -0.4 is 0 Å². The van der Waals surface area contributed by atoms with Crippen molar-refractivity contribution in [2.24, 2.45) is 0 Å². The summed E-state index contributed by atoms with van der Waals surface area (Å²) in [4.78, 5) is 4.55. The minimum absolute atomic E-state index is 0.282. The summed E-state index contributed by atoms with van der Waals surface area (Å²) in [7, 11) is 0. The Kier molecular flexibility index (Phi) is 3.75. The molecule has 3 aromatic rings. The van der Waals surface area contributed by atoms with Crippen molar-refractivity contribution in [1.29, 1.82) is 0 Å². The lowest BCUT2D eigenvalue weighted by Gasteiger charge is -2.09. The number of hydrogen-bond acceptors (Lipinski definition) is 4. The molecule has 0 amide bonds. The zero-order valence-electron chi connectivity index (χ0n) is 13.3. The Morgan fingerprint density at radius 3 is 2.62 bits per heavy atom. The lowest BCUT2D eigenvalue weighted by molar-refractivity contribution is 0.510. The normalized spacial score (nSPS) is 14.7. The van der Waals surface area contributed by atoms with Gasteiger partial charge in [-0.3, -0.25) is 0 Å². The molecule has 1 fully saturated rings. The summed E-state index contributed by atoms with van der Waals surface area (Å²) in [5.41, 5.74) is 1.91. The highest BCUT2D eigenvalue weighted by Crippen LogP contribution is 2.41. The Morgan fingerprint density at radius 1 is 1.17 bits per heavy atom. The van der Waals surface area contributed by atoms with Crippen molar-refractivity contribution in [2.75, 3.05) is 0 Å². The smallest absolute Gasteiger partial charge is 0.161 e. The van der Waals surface area contributed by atoms with Gasteiger partial charge in [0.15, 0.2) is 11.6 Å². The predicted molar refractivity (Wildman–Crippen MR) is 89.9 cm³/mol. The molecule has 0 aliphatic heterocycles. The SMILES string of the molecule is CC(C)Sc1cc(-c2nc3cc(F)c(F)cc3n2C2CC2)cnn1. The summed E-state index contributed by atoms with van der Waals surface area (Å²) in [5.74, 6) is -1.03. The number of benzene rings is 1. The molecule has 124 valence electrons. The number of halogens is 2. The molecule has 1 aromatic carbocycles. The highest BCUT2D eigenvalue weighted by Gasteiger charge is 2.29. The molecule has 4 rings (SSSR count). The third-order valence-electron chi connectivity index (χ3n) is 3.89. The maximum Gasteiger partial charge on any atom is 0.161 e. The molecule has 0 atom stereocenters. The molecule has 0 spiro atoms. The standard InChI is InChI=1S/C17H16F2N4S/c1-9(2)24-16-5-10(8-20-22-16)17-21-14-6-12(18)13(19)7-15(14)23(17)11-3-4-11/h5-9,11H,3-4H2,1-2H3. The van der Waals surface area contributed by atoms with Crippen molar-refractivity contribution in [3.63, 3.8) is 0 Å². The minimum Gasteiger partial charge on any atom is -0.321 e. The van der Waals surface area contributed by atoms with Gasteiger partial charge >= 0.3 is 0 Å². The van der Waals surface area contributed by atoms with E-state index >= 15 is 0 Å². The molecule has 2 aromatic heterocycles. The summed E-state index contributed by atoms with van der Waals surface area (Å²) in [5, 5.41) is 9.40. The first-order valence-corrected chi connectivity index (χ1v) is 8.77. The quantitative estimate of drug-likeness (QED) is 0.647. The number of imidazole rings is 1. The number of nitrogens with zero attached hydrogens (tertiary/aromatic N) is 4. The van der Waals surface area contributed by atoms with Crippen LogP contribution in [-0.2, 0) is 0 Å². The fourth-order valence-electron chi connectivity index (χ4n) is 2.76. The molecule has 24 heavy (non-hydrogen) atoms. The third-order valence-corrected chi connectivity index (χ3v) is 4.80. The van der Waals surface area contributed by atoms with E-state index in [1.165, 1.54) is 6.07 Å². The van der Waals surface area contributed by atoms with Gasteiger partial charge in [-0.2, -0.15) is 5.10 Å². The van der Waals surface area contributed by atoms with Crippen molar-refractivity contribution >= 4 is 22.8 Å². The molecule has 0 bridgehead atoms. The van der Waals surface area contributed by atoms with E-state index in [4.69, 9.17) is 0 Å². The van der Waals surface area contributed by atoms with Gasteiger partial charge in [-0.05, 0) is 18.9 Å². The van der Waals surface area contributed by atoms with Gasteiger partial charge < -0.3 is 4.57 Å². The van der Waals surface area contributed by atoms with Gasteiger partial charge in [-0.1, -0.05) is 13.8 Å². The summed E-state index contributed by atoms with van der Waals surface area (Å²) in [6.07, 6.45) is 3.68. The molecule has 2 heterocycles. The van der Waals surface area contributed by atoms with Crippen molar-refractivity contribution in [3.8, 4) is 11.4 Å². The van der Waals surface area contributed by atoms with E-state index < -0.39 is 11.6 Å². The Balaban J connectivity index is 1.88. The van der Waals surface area contributed by atoms with Crippen LogP contribution in [-0.4, -0.2) is 25.0 Å². The summed E-state index contributed by atoms with van der Waals surface area (Å²) in [6, 6.07) is 4.61. The minimum atomic E-state index is -0.876. The Morgan fingerprint density at radius 2 is 1.92 bits per heavy atom. The molecule has 0 N–H and O–H groups in total.